The highest BCUT2D eigenvalue weighted by Crippen LogP contribution is 2.31. The summed E-state index contributed by atoms with van der Waals surface area (Å²) < 4.78 is 5.54. The Bertz CT molecular complexity index is 347. The lowest BCUT2D eigenvalue weighted by Crippen LogP contribution is -2.38. The van der Waals surface area contributed by atoms with Crippen LogP contribution >= 0.6 is 0 Å². The van der Waals surface area contributed by atoms with Gasteiger partial charge in [0, 0.05) is 12.3 Å². The van der Waals surface area contributed by atoms with Crippen molar-refractivity contribution >= 4 is 11.8 Å². The summed E-state index contributed by atoms with van der Waals surface area (Å²) in [4.78, 5) is 25.1. The van der Waals surface area contributed by atoms with Gasteiger partial charge in [-0.1, -0.05) is 73.6 Å². The predicted octanol–water partition coefficient (Wildman–Crippen LogP) is 5.80. The van der Waals surface area contributed by atoms with E-state index in [1.807, 2.05) is 34.6 Å². The van der Waals surface area contributed by atoms with Gasteiger partial charge in [-0.2, -0.15) is 0 Å². The van der Waals surface area contributed by atoms with Crippen LogP contribution in [0, 0.1) is 23.7 Å². The molecule has 3 nitrogen and oxygen atoms in total. The Morgan fingerprint density at radius 3 is 1.79 bits per heavy atom. The normalized spacial score (nSPS) is 14.0. The SMILES string of the molecule is CCCCCCCCOC(=O)C(C(C)C)C(C(=O)CCC)C(C)C. The van der Waals surface area contributed by atoms with Gasteiger partial charge in [0.25, 0.3) is 0 Å². The summed E-state index contributed by atoms with van der Waals surface area (Å²) in [6.45, 7) is 12.8. The quantitative estimate of drug-likeness (QED) is 0.296. The molecular weight excluding hydrogens is 300 g/mol. The Morgan fingerprint density at radius 1 is 0.750 bits per heavy atom. The van der Waals surface area contributed by atoms with Gasteiger partial charge >= 0.3 is 5.97 Å². The van der Waals surface area contributed by atoms with Crippen LogP contribution in [0.25, 0.3) is 0 Å². The average Bonchev–Trinajstić information content (AvgIpc) is 2.50. The second kappa shape index (κ2) is 13.4. The highest BCUT2D eigenvalue weighted by Gasteiger charge is 2.38. The van der Waals surface area contributed by atoms with Crippen LogP contribution in [0.4, 0.5) is 0 Å². The van der Waals surface area contributed by atoms with E-state index in [2.05, 4.69) is 6.92 Å². The molecule has 2 unspecified atom stereocenters. The summed E-state index contributed by atoms with van der Waals surface area (Å²) in [7, 11) is 0. The molecule has 2 atom stereocenters. The van der Waals surface area contributed by atoms with Crippen molar-refractivity contribution < 1.29 is 14.3 Å². The van der Waals surface area contributed by atoms with Crippen LogP contribution < -0.4 is 0 Å². The van der Waals surface area contributed by atoms with Crippen LogP contribution in [-0.4, -0.2) is 18.4 Å². The molecule has 0 saturated heterocycles. The maximum Gasteiger partial charge on any atom is 0.309 e. The molecule has 0 aromatic carbocycles. The molecular formula is C21H40O3. The van der Waals surface area contributed by atoms with E-state index in [-0.39, 0.29) is 35.4 Å². The number of hydrogen-bond acceptors (Lipinski definition) is 3. The molecule has 0 N–H and O–H groups in total. The van der Waals surface area contributed by atoms with Crippen molar-refractivity contribution in [2.45, 2.75) is 92.9 Å². The highest BCUT2D eigenvalue weighted by atomic mass is 16.5. The van der Waals surface area contributed by atoms with E-state index >= 15 is 0 Å². The van der Waals surface area contributed by atoms with Crippen molar-refractivity contribution in [3.05, 3.63) is 0 Å². The van der Waals surface area contributed by atoms with Crippen molar-refractivity contribution in [3.8, 4) is 0 Å². The van der Waals surface area contributed by atoms with Crippen LogP contribution in [-0.2, 0) is 14.3 Å². The molecule has 0 amide bonds. The van der Waals surface area contributed by atoms with Crippen LogP contribution in [0.1, 0.15) is 92.9 Å². The number of hydrogen-bond donors (Lipinski definition) is 0. The van der Waals surface area contributed by atoms with E-state index in [4.69, 9.17) is 4.74 Å². The zero-order valence-electron chi connectivity index (χ0n) is 16.9. The smallest absolute Gasteiger partial charge is 0.309 e. The molecule has 0 heterocycles. The van der Waals surface area contributed by atoms with Gasteiger partial charge in [0.15, 0.2) is 0 Å². The molecule has 0 aromatic heterocycles. The summed E-state index contributed by atoms with van der Waals surface area (Å²) in [6, 6.07) is 0. The fourth-order valence-corrected chi connectivity index (χ4v) is 3.38. The fourth-order valence-electron chi connectivity index (χ4n) is 3.38. The molecule has 0 aliphatic carbocycles. The Labute approximate surface area is 149 Å². The predicted molar refractivity (Wildman–Crippen MR) is 101 cm³/mol. The van der Waals surface area contributed by atoms with E-state index in [1.54, 1.807) is 0 Å². The molecule has 0 aromatic rings. The Balaban J connectivity index is 4.56. The van der Waals surface area contributed by atoms with Crippen LogP contribution in [0.15, 0.2) is 0 Å². The zero-order valence-corrected chi connectivity index (χ0v) is 16.9. The van der Waals surface area contributed by atoms with Gasteiger partial charge in [-0.3, -0.25) is 9.59 Å². The molecule has 0 fully saturated rings. The monoisotopic (exact) mass is 340 g/mol. The van der Waals surface area contributed by atoms with Crippen molar-refractivity contribution in [2.24, 2.45) is 23.7 Å². The van der Waals surface area contributed by atoms with Gasteiger partial charge in [0.1, 0.15) is 5.78 Å². The highest BCUT2D eigenvalue weighted by molar-refractivity contribution is 5.87. The lowest BCUT2D eigenvalue weighted by molar-refractivity contribution is -0.156. The van der Waals surface area contributed by atoms with E-state index < -0.39 is 0 Å². The zero-order chi connectivity index (χ0) is 18.5. The molecule has 3 heteroatoms. The van der Waals surface area contributed by atoms with Crippen molar-refractivity contribution in [3.63, 3.8) is 0 Å². The summed E-state index contributed by atoms with van der Waals surface area (Å²) in [5.41, 5.74) is 0. The summed E-state index contributed by atoms with van der Waals surface area (Å²) >= 11 is 0. The lowest BCUT2D eigenvalue weighted by atomic mass is 9.74. The Morgan fingerprint density at radius 2 is 1.29 bits per heavy atom. The van der Waals surface area contributed by atoms with Crippen molar-refractivity contribution in [1.82, 2.24) is 0 Å². The molecule has 0 aliphatic rings. The Kier molecular flexibility index (Phi) is 13.0. The number of carbonyl (C=O) groups is 2. The molecule has 0 aliphatic heterocycles. The molecule has 0 radical (unpaired) electrons. The first kappa shape index (κ1) is 23.1. The summed E-state index contributed by atoms with van der Waals surface area (Å²) in [6.07, 6.45) is 8.43. The first-order valence-corrected chi connectivity index (χ1v) is 10.1. The third-order valence-corrected chi connectivity index (χ3v) is 4.71. The van der Waals surface area contributed by atoms with Gasteiger partial charge in [0.05, 0.1) is 12.5 Å². The van der Waals surface area contributed by atoms with Crippen molar-refractivity contribution in [1.29, 1.82) is 0 Å². The standard InChI is InChI=1S/C21H40O3/c1-7-9-10-11-12-13-15-24-21(23)20(17(5)6)19(16(3)4)18(22)14-8-2/h16-17,19-20H,7-15H2,1-6H3. The first-order valence-electron chi connectivity index (χ1n) is 10.1. The molecule has 24 heavy (non-hydrogen) atoms. The largest absolute Gasteiger partial charge is 0.465 e. The average molecular weight is 341 g/mol. The maximum atomic E-state index is 12.6. The van der Waals surface area contributed by atoms with E-state index in [0.717, 1.165) is 19.3 Å². The molecule has 0 saturated carbocycles. The number of ketones is 1. The first-order chi connectivity index (χ1) is 11.4. The topological polar surface area (TPSA) is 43.4 Å². The number of Topliss-reactive ketones (excluding diaryl/α,β-unsaturated/α-hetero) is 1. The van der Waals surface area contributed by atoms with Gasteiger partial charge in [0.2, 0.25) is 0 Å². The third kappa shape index (κ3) is 8.84. The minimum atomic E-state index is -0.316. The number of esters is 1. The lowest BCUT2D eigenvalue weighted by Gasteiger charge is -2.30. The molecule has 142 valence electrons. The summed E-state index contributed by atoms with van der Waals surface area (Å²) in [5.74, 6) is -0.219. The minimum absolute atomic E-state index is 0.121. The number of carbonyl (C=O) groups excluding carboxylic acids is 2. The van der Waals surface area contributed by atoms with Gasteiger partial charge in [-0.05, 0) is 24.7 Å². The molecule has 0 rings (SSSR count). The molecule has 0 bridgehead atoms. The molecule has 0 spiro atoms. The third-order valence-electron chi connectivity index (χ3n) is 4.71. The van der Waals surface area contributed by atoms with Gasteiger partial charge in [-0.25, -0.2) is 0 Å². The second-order valence-corrected chi connectivity index (χ2v) is 7.69. The van der Waals surface area contributed by atoms with E-state index in [9.17, 15) is 9.59 Å². The summed E-state index contributed by atoms with van der Waals surface area (Å²) in [5, 5.41) is 0. The van der Waals surface area contributed by atoms with E-state index in [1.165, 1.54) is 25.7 Å². The fraction of sp³-hybridized carbons (Fsp3) is 0.905. The van der Waals surface area contributed by atoms with Crippen LogP contribution in [0.3, 0.4) is 0 Å². The minimum Gasteiger partial charge on any atom is -0.465 e. The number of rotatable bonds is 14. The van der Waals surface area contributed by atoms with Gasteiger partial charge in [-0.15, -0.1) is 0 Å². The number of ether oxygens (including phenoxy) is 1. The number of unbranched alkanes of at least 4 members (excludes halogenated alkanes) is 5. The second-order valence-electron chi connectivity index (χ2n) is 7.69. The van der Waals surface area contributed by atoms with Crippen LogP contribution in [0.2, 0.25) is 0 Å². The maximum absolute atomic E-state index is 12.6. The van der Waals surface area contributed by atoms with Crippen LogP contribution in [0.5, 0.6) is 0 Å². The van der Waals surface area contributed by atoms with Gasteiger partial charge < -0.3 is 4.74 Å². The van der Waals surface area contributed by atoms with Crippen molar-refractivity contribution in [2.75, 3.05) is 6.61 Å². The van der Waals surface area contributed by atoms with E-state index in [0.29, 0.717) is 13.0 Å². The Hall–Kier alpha value is -0.860.